The molecular weight excluding hydrogens is 334 g/mol. The zero-order valence-electron chi connectivity index (χ0n) is 9.97. The third kappa shape index (κ3) is 4.33. The number of benzene rings is 1. The summed E-state index contributed by atoms with van der Waals surface area (Å²) < 4.78 is 24.5. The first-order valence-electron chi connectivity index (χ1n) is 5.51. The Labute approximate surface area is 119 Å². The summed E-state index contributed by atoms with van der Waals surface area (Å²) in [7, 11) is -3.55. The Morgan fingerprint density at radius 2 is 2.05 bits per heavy atom. The zero-order chi connectivity index (χ0) is 14.5. The molecular formula is C12H12BrNO4S. The van der Waals surface area contributed by atoms with E-state index in [0.717, 1.165) is 6.07 Å². The van der Waals surface area contributed by atoms with Gasteiger partial charge in [0.15, 0.2) is 9.84 Å². The van der Waals surface area contributed by atoms with E-state index in [1.807, 2.05) is 6.07 Å². The van der Waals surface area contributed by atoms with E-state index in [-0.39, 0.29) is 16.2 Å². The predicted molar refractivity (Wildman–Crippen MR) is 72.6 cm³/mol. The molecule has 0 saturated heterocycles. The van der Waals surface area contributed by atoms with Crippen LogP contribution in [0.25, 0.3) is 0 Å². The monoisotopic (exact) mass is 345 g/mol. The maximum Gasteiger partial charge on any atom is 0.335 e. The van der Waals surface area contributed by atoms with Crippen LogP contribution in [-0.2, 0) is 9.84 Å². The summed E-state index contributed by atoms with van der Waals surface area (Å²) in [6.07, 6.45) is 1.19. The molecule has 1 aromatic carbocycles. The summed E-state index contributed by atoms with van der Waals surface area (Å²) in [5.74, 6) is -1.27. The second-order valence-electron chi connectivity index (χ2n) is 3.88. The first-order valence-corrected chi connectivity index (χ1v) is 7.95. The number of nitrogens with zero attached hydrogens (tertiary/aromatic N) is 1. The van der Waals surface area contributed by atoms with Gasteiger partial charge in [0.2, 0.25) is 0 Å². The number of unbranched alkanes of at least 4 members (excludes halogenated alkanes) is 2. The van der Waals surface area contributed by atoms with E-state index in [1.165, 1.54) is 12.1 Å². The Hall–Kier alpha value is -1.39. The van der Waals surface area contributed by atoms with Crippen molar-refractivity contribution < 1.29 is 18.3 Å². The van der Waals surface area contributed by atoms with Crippen molar-refractivity contribution in [2.24, 2.45) is 0 Å². The zero-order valence-corrected chi connectivity index (χ0v) is 12.4. The Kier molecular flexibility index (Phi) is 5.51. The molecule has 0 radical (unpaired) electrons. The van der Waals surface area contributed by atoms with Gasteiger partial charge in [-0.25, -0.2) is 13.2 Å². The summed E-state index contributed by atoms with van der Waals surface area (Å²) in [6.45, 7) is 0. The van der Waals surface area contributed by atoms with E-state index >= 15 is 0 Å². The highest BCUT2D eigenvalue weighted by Crippen LogP contribution is 2.25. The molecule has 0 aliphatic heterocycles. The molecule has 102 valence electrons. The van der Waals surface area contributed by atoms with E-state index in [4.69, 9.17) is 10.4 Å². The van der Waals surface area contributed by atoms with Gasteiger partial charge in [-0.05, 0) is 47.0 Å². The lowest BCUT2D eigenvalue weighted by atomic mass is 10.2. The standard InChI is InChI=1S/C12H12BrNO4S/c13-10-5-4-9(12(15)16)8-11(10)19(17,18)7-3-1-2-6-14/h4-5,8H,1-3,7H2,(H,15,16). The van der Waals surface area contributed by atoms with Gasteiger partial charge in [-0.1, -0.05) is 0 Å². The number of carbonyl (C=O) groups is 1. The Bertz CT molecular complexity index is 619. The number of halogens is 1. The smallest absolute Gasteiger partial charge is 0.335 e. The van der Waals surface area contributed by atoms with Crippen molar-refractivity contribution in [2.75, 3.05) is 5.75 Å². The highest BCUT2D eigenvalue weighted by Gasteiger charge is 2.19. The molecule has 1 aromatic rings. The Balaban J connectivity index is 2.97. The van der Waals surface area contributed by atoms with Crippen LogP contribution in [0.15, 0.2) is 27.6 Å². The van der Waals surface area contributed by atoms with Gasteiger partial charge in [0.1, 0.15) is 0 Å². The topological polar surface area (TPSA) is 95.2 Å². The molecule has 0 fully saturated rings. The van der Waals surface area contributed by atoms with Gasteiger partial charge in [-0.15, -0.1) is 0 Å². The fraction of sp³-hybridized carbons (Fsp3) is 0.333. The van der Waals surface area contributed by atoms with Gasteiger partial charge in [-0.3, -0.25) is 0 Å². The number of carboxylic acids is 1. The molecule has 0 aromatic heterocycles. The number of aromatic carboxylic acids is 1. The fourth-order valence-corrected chi connectivity index (χ4v) is 3.94. The van der Waals surface area contributed by atoms with Crippen LogP contribution in [0, 0.1) is 11.3 Å². The number of rotatable bonds is 6. The van der Waals surface area contributed by atoms with Crippen molar-refractivity contribution >= 4 is 31.7 Å². The number of carboxylic acid groups (broad SMARTS) is 1. The van der Waals surface area contributed by atoms with Crippen LogP contribution in [0.2, 0.25) is 0 Å². The highest BCUT2D eigenvalue weighted by atomic mass is 79.9. The van der Waals surface area contributed by atoms with Crippen LogP contribution in [0.3, 0.4) is 0 Å². The quantitative estimate of drug-likeness (QED) is 0.799. The van der Waals surface area contributed by atoms with Gasteiger partial charge in [0.25, 0.3) is 0 Å². The predicted octanol–water partition coefficient (Wildman–Crippen LogP) is 2.61. The molecule has 0 bridgehead atoms. The molecule has 0 amide bonds. The van der Waals surface area contributed by atoms with Crippen molar-refractivity contribution in [1.29, 1.82) is 5.26 Å². The van der Waals surface area contributed by atoms with E-state index in [9.17, 15) is 13.2 Å². The second-order valence-corrected chi connectivity index (χ2v) is 6.82. The molecule has 19 heavy (non-hydrogen) atoms. The van der Waals surface area contributed by atoms with Crippen LogP contribution >= 0.6 is 15.9 Å². The van der Waals surface area contributed by atoms with Crippen molar-refractivity contribution in [2.45, 2.75) is 24.2 Å². The third-order valence-electron chi connectivity index (χ3n) is 2.46. The van der Waals surface area contributed by atoms with Crippen LogP contribution in [0.1, 0.15) is 29.6 Å². The molecule has 0 atom stereocenters. The summed E-state index contributed by atoms with van der Waals surface area (Å²) in [5.41, 5.74) is -0.0706. The number of sulfone groups is 1. The van der Waals surface area contributed by atoms with Crippen molar-refractivity contribution in [3.8, 4) is 6.07 Å². The first-order chi connectivity index (χ1) is 8.88. The summed E-state index contributed by atoms with van der Waals surface area (Å²) in [4.78, 5) is 10.8. The lowest BCUT2D eigenvalue weighted by Crippen LogP contribution is -2.09. The molecule has 5 nitrogen and oxygen atoms in total. The van der Waals surface area contributed by atoms with E-state index in [1.54, 1.807) is 0 Å². The molecule has 0 heterocycles. The van der Waals surface area contributed by atoms with Gasteiger partial charge in [0.05, 0.1) is 22.3 Å². The minimum Gasteiger partial charge on any atom is -0.478 e. The van der Waals surface area contributed by atoms with Crippen molar-refractivity contribution in [1.82, 2.24) is 0 Å². The van der Waals surface area contributed by atoms with E-state index in [0.29, 0.717) is 23.7 Å². The van der Waals surface area contributed by atoms with Crippen molar-refractivity contribution in [3.05, 3.63) is 28.2 Å². The summed E-state index contributed by atoms with van der Waals surface area (Å²) in [5, 5.41) is 17.2. The first kappa shape index (κ1) is 15.7. The molecule has 0 aliphatic carbocycles. The molecule has 0 spiro atoms. The SMILES string of the molecule is N#CCCCCS(=O)(=O)c1cc(C(=O)O)ccc1Br. The van der Waals surface area contributed by atoms with Gasteiger partial charge >= 0.3 is 5.97 Å². The largest absolute Gasteiger partial charge is 0.478 e. The Morgan fingerprint density at radius 1 is 1.37 bits per heavy atom. The molecule has 1 rings (SSSR count). The van der Waals surface area contributed by atoms with E-state index < -0.39 is 15.8 Å². The van der Waals surface area contributed by atoms with Crippen LogP contribution < -0.4 is 0 Å². The van der Waals surface area contributed by atoms with Crippen LogP contribution in [0.5, 0.6) is 0 Å². The minimum absolute atomic E-state index is 0.0237. The lowest BCUT2D eigenvalue weighted by Gasteiger charge is -2.07. The fourth-order valence-electron chi connectivity index (χ4n) is 1.48. The molecule has 1 N–H and O–H groups in total. The molecule has 7 heteroatoms. The number of hydrogen-bond donors (Lipinski definition) is 1. The van der Waals surface area contributed by atoms with Crippen LogP contribution in [-0.4, -0.2) is 25.2 Å². The molecule has 0 saturated carbocycles. The molecule has 0 unspecified atom stereocenters. The number of nitriles is 1. The van der Waals surface area contributed by atoms with E-state index in [2.05, 4.69) is 15.9 Å². The van der Waals surface area contributed by atoms with Gasteiger partial charge in [-0.2, -0.15) is 5.26 Å². The minimum atomic E-state index is -3.55. The Morgan fingerprint density at radius 3 is 2.63 bits per heavy atom. The maximum absolute atomic E-state index is 12.1. The summed E-state index contributed by atoms with van der Waals surface area (Å²) >= 11 is 3.11. The maximum atomic E-state index is 12.1. The average Bonchev–Trinajstić information content (AvgIpc) is 2.34. The lowest BCUT2D eigenvalue weighted by molar-refractivity contribution is 0.0696. The highest BCUT2D eigenvalue weighted by molar-refractivity contribution is 9.10. The second kappa shape index (κ2) is 6.68. The average molecular weight is 346 g/mol. The third-order valence-corrected chi connectivity index (χ3v) is 5.25. The normalized spacial score (nSPS) is 10.9. The number of hydrogen-bond acceptors (Lipinski definition) is 4. The van der Waals surface area contributed by atoms with Gasteiger partial charge in [0, 0.05) is 10.9 Å². The molecule has 0 aliphatic rings. The van der Waals surface area contributed by atoms with Crippen molar-refractivity contribution in [3.63, 3.8) is 0 Å². The van der Waals surface area contributed by atoms with Gasteiger partial charge < -0.3 is 5.11 Å². The summed E-state index contributed by atoms with van der Waals surface area (Å²) in [6, 6.07) is 5.84. The van der Waals surface area contributed by atoms with Crippen LogP contribution in [0.4, 0.5) is 0 Å².